The summed E-state index contributed by atoms with van der Waals surface area (Å²) in [5.41, 5.74) is 0. The van der Waals surface area contributed by atoms with Gasteiger partial charge >= 0.3 is 0 Å². The smallest absolute Gasteiger partial charge is 0.0297 e. The van der Waals surface area contributed by atoms with Crippen LogP contribution in [0.5, 0.6) is 0 Å². The Morgan fingerprint density at radius 1 is 1.56 bits per heavy atom. The second-order valence-electron chi connectivity index (χ2n) is 2.25. The predicted molar refractivity (Wildman–Crippen MR) is 47.1 cm³/mol. The zero-order valence-corrected chi connectivity index (χ0v) is 7.82. The van der Waals surface area contributed by atoms with Crippen molar-refractivity contribution < 1.29 is 0 Å². The lowest BCUT2D eigenvalue weighted by molar-refractivity contribution is 0.813. The lowest BCUT2D eigenvalue weighted by atomic mass is 10.2. The van der Waals surface area contributed by atoms with E-state index in [9.17, 15) is 0 Å². The number of unbranched alkanes of at least 4 members (excludes halogenated alkanes) is 2. The van der Waals surface area contributed by atoms with Crippen molar-refractivity contribution in [3.63, 3.8) is 0 Å². The van der Waals surface area contributed by atoms with Crippen molar-refractivity contribution in [2.75, 3.05) is 0 Å². The molecule has 0 aliphatic rings. The summed E-state index contributed by atoms with van der Waals surface area (Å²) in [5.74, 6) is 0. The second kappa shape index (κ2) is 6.34. The fraction of sp³-hybridized carbons (Fsp3) is 0.750. The van der Waals surface area contributed by atoms with E-state index in [-0.39, 0.29) is 0 Å². The Kier molecular flexibility index (Phi) is 6.50. The van der Waals surface area contributed by atoms with Gasteiger partial charge in [0.2, 0.25) is 0 Å². The van der Waals surface area contributed by atoms with Crippen LogP contribution in [-0.2, 0) is 0 Å². The molecule has 0 saturated heterocycles. The third-order valence-corrected chi connectivity index (χ3v) is 1.43. The first-order valence-electron chi connectivity index (χ1n) is 3.58. The number of allylic oxidation sites excluding steroid dienone is 2. The zero-order valence-electron chi connectivity index (χ0n) is 6.23. The Morgan fingerprint density at radius 2 is 2.22 bits per heavy atom. The molecule has 0 saturated carbocycles. The highest BCUT2D eigenvalue weighted by Crippen LogP contribution is 2.01. The van der Waals surface area contributed by atoms with E-state index < -0.39 is 0 Å². The normalized spacial score (nSPS) is 14.6. The molecule has 0 aliphatic carbocycles. The van der Waals surface area contributed by atoms with Crippen LogP contribution in [0.15, 0.2) is 12.2 Å². The van der Waals surface area contributed by atoms with Gasteiger partial charge < -0.3 is 0 Å². The van der Waals surface area contributed by atoms with Crippen LogP contribution in [0.1, 0.15) is 33.1 Å². The largest absolute Gasteiger partial charge is 0.0874 e. The number of hydrogen-bond acceptors (Lipinski definition) is 0. The van der Waals surface area contributed by atoms with E-state index in [4.69, 9.17) is 0 Å². The van der Waals surface area contributed by atoms with Crippen LogP contribution in [0.3, 0.4) is 0 Å². The third-order valence-electron chi connectivity index (χ3n) is 1.13. The van der Waals surface area contributed by atoms with Gasteiger partial charge in [0.05, 0.1) is 0 Å². The Bertz CT molecular complexity index is 74.6. The van der Waals surface area contributed by atoms with Crippen LogP contribution in [0.4, 0.5) is 0 Å². The summed E-state index contributed by atoms with van der Waals surface area (Å²) in [6, 6.07) is 0. The molecule has 0 bridgehead atoms. The Labute approximate surface area is 66.5 Å². The van der Waals surface area contributed by atoms with Crippen molar-refractivity contribution in [3.05, 3.63) is 12.2 Å². The van der Waals surface area contributed by atoms with Crippen molar-refractivity contribution in [3.8, 4) is 0 Å². The predicted octanol–water partition coefficient (Wildman–Crippen LogP) is 3.52. The molecule has 0 heterocycles. The molecule has 1 unspecified atom stereocenters. The van der Waals surface area contributed by atoms with E-state index in [1.54, 1.807) is 0 Å². The van der Waals surface area contributed by atoms with Gasteiger partial charge in [0, 0.05) is 4.83 Å². The first kappa shape index (κ1) is 9.22. The third kappa shape index (κ3) is 8.22. The molecule has 0 fully saturated rings. The molecule has 0 aliphatic heterocycles. The standard InChI is InChI=1S/C8H15Br/c1-3-4-5-6-7-8(2)9/h6-8H,3-5H2,1-2H3/b7-6+. The van der Waals surface area contributed by atoms with Gasteiger partial charge in [-0.15, -0.1) is 0 Å². The molecule has 0 N–H and O–H groups in total. The van der Waals surface area contributed by atoms with Crippen LogP contribution < -0.4 is 0 Å². The molecule has 0 rings (SSSR count). The van der Waals surface area contributed by atoms with Crippen molar-refractivity contribution in [1.82, 2.24) is 0 Å². The molecule has 9 heavy (non-hydrogen) atoms. The van der Waals surface area contributed by atoms with E-state index in [0.717, 1.165) is 0 Å². The summed E-state index contributed by atoms with van der Waals surface area (Å²) in [6.45, 7) is 4.34. The second-order valence-corrected chi connectivity index (χ2v) is 3.69. The highest BCUT2D eigenvalue weighted by Gasteiger charge is 1.83. The molecule has 0 radical (unpaired) electrons. The number of hydrogen-bond donors (Lipinski definition) is 0. The monoisotopic (exact) mass is 190 g/mol. The Hall–Kier alpha value is 0.220. The lowest BCUT2D eigenvalue weighted by Crippen LogP contribution is -1.79. The highest BCUT2D eigenvalue weighted by molar-refractivity contribution is 9.09. The SMILES string of the molecule is CCCC/C=C/C(C)Br. The summed E-state index contributed by atoms with van der Waals surface area (Å²) in [4.78, 5) is 0.536. The summed E-state index contributed by atoms with van der Waals surface area (Å²) in [6.07, 6.45) is 8.27. The molecular weight excluding hydrogens is 176 g/mol. The van der Waals surface area contributed by atoms with Crippen molar-refractivity contribution in [1.29, 1.82) is 0 Å². The average Bonchev–Trinajstić information content (AvgIpc) is 1.80. The van der Waals surface area contributed by atoms with Crippen LogP contribution in [0.2, 0.25) is 0 Å². The minimum Gasteiger partial charge on any atom is -0.0874 e. The molecule has 0 spiro atoms. The van der Waals surface area contributed by atoms with Gasteiger partial charge in [-0.05, 0) is 13.3 Å². The van der Waals surface area contributed by atoms with Gasteiger partial charge in [-0.1, -0.05) is 47.8 Å². The first-order chi connectivity index (χ1) is 4.27. The molecular formula is C8H15Br. The van der Waals surface area contributed by atoms with E-state index in [2.05, 4.69) is 41.9 Å². The van der Waals surface area contributed by atoms with Gasteiger partial charge in [0.1, 0.15) is 0 Å². The summed E-state index contributed by atoms with van der Waals surface area (Å²) in [5, 5.41) is 0. The fourth-order valence-electron chi connectivity index (χ4n) is 0.606. The van der Waals surface area contributed by atoms with E-state index >= 15 is 0 Å². The number of halogens is 1. The number of alkyl halides is 1. The Balaban J connectivity index is 3.04. The molecule has 0 aromatic heterocycles. The molecule has 0 aromatic rings. The van der Waals surface area contributed by atoms with Gasteiger partial charge in [0.15, 0.2) is 0 Å². The first-order valence-corrected chi connectivity index (χ1v) is 4.49. The molecule has 0 aromatic carbocycles. The topological polar surface area (TPSA) is 0 Å². The quantitative estimate of drug-likeness (QED) is 0.362. The summed E-state index contributed by atoms with van der Waals surface area (Å²) >= 11 is 3.44. The van der Waals surface area contributed by atoms with Crippen LogP contribution >= 0.6 is 15.9 Å². The lowest BCUT2D eigenvalue weighted by Gasteiger charge is -1.90. The maximum Gasteiger partial charge on any atom is 0.0297 e. The van der Waals surface area contributed by atoms with Crippen molar-refractivity contribution in [2.24, 2.45) is 0 Å². The van der Waals surface area contributed by atoms with E-state index in [1.165, 1.54) is 19.3 Å². The van der Waals surface area contributed by atoms with Gasteiger partial charge in [0.25, 0.3) is 0 Å². The number of rotatable bonds is 4. The molecule has 0 nitrogen and oxygen atoms in total. The van der Waals surface area contributed by atoms with Crippen molar-refractivity contribution in [2.45, 2.75) is 37.9 Å². The van der Waals surface area contributed by atoms with E-state index in [0.29, 0.717) is 4.83 Å². The van der Waals surface area contributed by atoms with E-state index in [1.807, 2.05) is 0 Å². The van der Waals surface area contributed by atoms with Gasteiger partial charge in [-0.3, -0.25) is 0 Å². The Morgan fingerprint density at radius 3 is 2.67 bits per heavy atom. The maximum atomic E-state index is 3.44. The molecule has 1 heteroatoms. The molecule has 1 atom stereocenters. The van der Waals surface area contributed by atoms with Crippen LogP contribution in [-0.4, -0.2) is 4.83 Å². The minimum absolute atomic E-state index is 0.536. The summed E-state index contributed by atoms with van der Waals surface area (Å²) in [7, 11) is 0. The van der Waals surface area contributed by atoms with Gasteiger partial charge in [-0.25, -0.2) is 0 Å². The highest BCUT2D eigenvalue weighted by atomic mass is 79.9. The zero-order chi connectivity index (χ0) is 7.11. The minimum atomic E-state index is 0.536. The van der Waals surface area contributed by atoms with Crippen LogP contribution in [0.25, 0.3) is 0 Å². The van der Waals surface area contributed by atoms with Gasteiger partial charge in [-0.2, -0.15) is 0 Å². The van der Waals surface area contributed by atoms with Crippen LogP contribution in [0, 0.1) is 0 Å². The average molecular weight is 191 g/mol. The molecule has 0 amide bonds. The summed E-state index contributed by atoms with van der Waals surface area (Å²) < 4.78 is 0. The maximum absolute atomic E-state index is 3.44. The fourth-order valence-corrected chi connectivity index (χ4v) is 0.822. The molecule has 54 valence electrons. The van der Waals surface area contributed by atoms with Crippen molar-refractivity contribution >= 4 is 15.9 Å².